The minimum atomic E-state index is 0.140. The number of hydrogen-bond acceptors (Lipinski definition) is 6. The van der Waals surface area contributed by atoms with Crippen LogP contribution in [0, 0.1) is 5.41 Å². The van der Waals surface area contributed by atoms with Crippen molar-refractivity contribution < 1.29 is 5.11 Å². The van der Waals surface area contributed by atoms with Gasteiger partial charge in [0, 0.05) is 30.9 Å². The van der Waals surface area contributed by atoms with E-state index in [-0.39, 0.29) is 17.0 Å². The molecule has 0 aromatic heterocycles. The number of piperidine rings is 1. The molecule has 0 spiro atoms. The topological polar surface area (TPSA) is 114 Å². The molecule has 1 heterocycles. The normalized spacial score (nSPS) is 16.5. The highest BCUT2D eigenvalue weighted by molar-refractivity contribution is 5.69. The van der Waals surface area contributed by atoms with Crippen molar-refractivity contribution in [1.29, 1.82) is 0 Å². The monoisotopic (exact) mass is 361 g/mol. The van der Waals surface area contributed by atoms with Crippen molar-refractivity contribution in [3.05, 3.63) is 47.4 Å². The number of para-hydroxylation sites is 1. The van der Waals surface area contributed by atoms with E-state index in [1.54, 1.807) is 24.3 Å². The second kappa shape index (κ2) is 9.97. The predicted molar refractivity (Wildman–Crippen MR) is 110 cm³/mol. The van der Waals surface area contributed by atoms with Crippen molar-refractivity contribution in [3.8, 4) is 5.75 Å². The zero-order valence-electron chi connectivity index (χ0n) is 16.5. The van der Waals surface area contributed by atoms with Crippen LogP contribution >= 0.6 is 0 Å². The lowest BCUT2D eigenvalue weighted by Crippen LogP contribution is -2.43. The Hall–Kier alpha value is -2.34. The number of nitrogens with one attached hydrogen (secondary N) is 1. The summed E-state index contributed by atoms with van der Waals surface area (Å²) < 4.78 is 0. The molecule has 6 heteroatoms. The van der Waals surface area contributed by atoms with Crippen molar-refractivity contribution >= 4 is 5.70 Å². The number of aromatic hydroxyl groups is 1. The quantitative estimate of drug-likeness (QED) is 0.513. The SMILES string of the molecule is CC.CNCC1(C)CCN(C(/C=C(\N)c2ccccc2O)=C(N)N)CC1. The first-order valence-electron chi connectivity index (χ1n) is 9.26. The van der Waals surface area contributed by atoms with E-state index < -0.39 is 0 Å². The lowest BCUT2D eigenvalue weighted by Gasteiger charge is -2.41. The molecule has 0 saturated carbocycles. The first-order chi connectivity index (χ1) is 12.4. The van der Waals surface area contributed by atoms with Crippen LogP contribution in [0.15, 0.2) is 41.9 Å². The van der Waals surface area contributed by atoms with Crippen molar-refractivity contribution in [2.75, 3.05) is 26.7 Å². The molecule has 0 amide bonds. The van der Waals surface area contributed by atoms with E-state index in [0.29, 0.717) is 11.3 Å². The molecule has 8 N–H and O–H groups in total. The van der Waals surface area contributed by atoms with Crippen molar-refractivity contribution in [1.82, 2.24) is 10.2 Å². The lowest BCUT2D eigenvalue weighted by atomic mass is 9.80. The molecule has 1 saturated heterocycles. The van der Waals surface area contributed by atoms with Crippen LogP contribution < -0.4 is 22.5 Å². The Morgan fingerprint density at radius 2 is 1.77 bits per heavy atom. The second-order valence-electron chi connectivity index (χ2n) is 6.79. The maximum absolute atomic E-state index is 9.95. The van der Waals surface area contributed by atoms with Gasteiger partial charge >= 0.3 is 0 Å². The molecule has 26 heavy (non-hydrogen) atoms. The molecular weight excluding hydrogens is 326 g/mol. The summed E-state index contributed by atoms with van der Waals surface area (Å²) in [6.45, 7) is 9.03. The van der Waals surface area contributed by atoms with E-state index in [9.17, 15) is 5.11 Å². The Morgan fingerprint density at radius 3 is 2.27 bits per heavy atom. The summed E-state index contributed by atoms with van der Waals surface area (Å²) >= 11 is 0. The Kier molecular flexibility index (Phi) is 8.32. The highest BCUT2D eigenvalue weighted by Crippen LogP contribution is 2.32. The van der Waals surface area contributed by atoms with Gasteiger partial charge in [-0.25, -0.2) is 0 Å². The van der Waals surface area contributed by atoms with E-state index in [1.165, 1.54) is 0 Å². The van der Waals surface area contributed by atoms with E-state index in [4.69, 9.17) is 17.2 Å². The molecule has 0 radical (unpaired) electrons. The molecule has 1 fully saturated rings. The van der Waals surface area contributed by atoms with Gasteiger partial charge in [-0.05, 0) is 43.5 Å². The maximum atomic E-state index is 9.95. The molecule has 1 aromatic carbocycles. The fourth-order valence-corrected chi connectivity index (χ4v) is 3.19. The third kappa shape index (κ3) is 5.59. The van der Waals surface area contributed by atoms with Gasteiger partial charge in [0.1, 0.15) is 11.6 Å². The highest BCUT2D eigenvalue weighted by atomic mass is 16.3. The zero-order valence-corrected chi connectivity index (χ0v) is 16.5. The maximum Gasteiger partial charge on any atom is 0.124 e. The summed E-state index contributed by atoms with van der Waals surface area (Å²) in [5.41, 5.74) is 20.0. The van der Waals surface area contributed by atoms with Crippen molar-refractivity contribution in [2.24, 2.45) is 22.6 Å². The minimum absolute atomic E-state index is 0.140. The van der Waals surface area contributed by atoms with Crippen LogP contribution in [0.1, 0.15) is 39.2 Å². The third-order valence-corrected chi connectivity index (χ3v) is 4.72. The summed E-state index contributed by atoms with van der Waals surface area (Å²) in [6, 6.07) is 6.96. The highest BCUT2D eigenvalue weighted by Gasteiger charge is 2.30. The number of benzene rings is 1. The zero-order chi connectivity index (χ0) is 19.7. The van der Waals surface area contributed by atoms with Gasteiger partial charge in [-0.15, -0.1) is 0 Å². The molecule has 0 bridgehead atoms. The number of nitrogens with two attached hydrogens (primary N) is 3. The summed E-state index contributed by atoms with van der Waals surface area (Å²) in [5.74, 6) is 0.382. The predicted octanol–water partition coefficient (Wildman–Crippen LogP) is 2.13. The van der Waals surface area contributed by atoms with Crippen LogP contribution in [0.3, 0.4) is 0 Å². The molecular formula is C20H35N5O. The summed E-state index contributed by atoms with van der Waals surface area (Å²) in [5, 5.41) is 13.2. The van der Waals surface area contributed by atoms with Crippen LogP contribution in [0.4, 0.5) is 0 Å². The van der Waals surface area contributed by atoms with E-state index in [0.717, 1.165) is 38.2 Å². The van der Waals surface area contributed by atoms with Gasteiger partial charge in [-0.2, -0.15) is 0 Å². The summed E-state index contributed by atoms with van der Waals surface area (Å²) in [6.07, 6.45) is 3.86. The van der Waals surface area contributed by atoms with E-state index >= 15 is 0 Å². The van der Waals surface area contributed by atoms with E-state index in [1.807, 2.05) is 27.0 Å². The van der Waals surface area contributed by atoms with E-state index in [2.05, 4.69) is 17.1 Å². The molecule has 2 rings (SSSR count). The van der Waals surface area contributed by atoms with Crippen molar-refractivity contribution in [2.45, 2.75) is 33.6 Å². The Labute approximate surface area is 157 Å². The van der Waals surface area contributed by atoms with Gasteiger partial charge in [0.15, 0.2) is 0 Å². The number of nitrogens with zero attached hydrogens (tertiary/aromatic N) is 1. The summed E-state index contributed by atoms with van der Waals surface area (Å²) in [4.78, 5) is 2.17. The van der Waals surface area contributed by atoms with Gasteiger partial charge in [0.2, 0.25) is 0 Å². The van der Waals surface area contributed by atoms with Crippen LogP contribution in [0.25, 0.3) is 5.70 Å². The molecule has 146 valence electrons. The van der Waals surface area contributed by atoms with Gasteiger partial charge in [0.05, 0.1) is 5.70 Å². The van der Waals surface area contributed by atoms with Crippen LogP contribution in [-0.4, -0.2) is 36.7 Å². The average Bonchev–Trinajstić information content (AvgIpc) is 2.62. The van der Waals surface area contributed by atoms with Gasteiger partial charge < -0.3 is 32.5 Å². The fourth-order valence-electron chi connectivity index (χ4n) is 3.19. The fraction of sp³-hybridized carbons (Fsp3) is 0.500. The average molecular weight is 362 g/mol. The standard InChI is InChI=1S/C18H29N5O.C2H6/c1-18(12-22-2)7-9-23(10-8-18)15(17(20)21)11-14(19)13-5-3-4-6-16(13)24;1-2/h3-6,11,22,24H,7-10,12,19-21H2,1-2H3;1-2H3/b14-11-;. The molecule has 0 unspecified atom stereocenters. The number of phenolic OH excluding ortho intramolecular Hbond substituents is 1. The number of likely N-dealkylation sites (tertiary alicyclic amines) is 1. The van der Waals surface area contributed by atoms with Gasteiger partial charge in [0.25, 0.3) is 0 Å². The molecule has 1 aromatic rings. The van der Waals surface area contributed by atoms with Crippen LogP contribution in [-0.2, 0) is 0 Å². The van der Waals surface area contributed by atoms with Crippen LogP contribution in [0.5, 0.6) is 5.75 Å². The molecule has 1 aliphatic heterocycles. The first kappa shape index (κ1) is 21.7. The minimum Gasteiger partial charge on any atom is -0.507 e. The van der Waals surface area contributed by atoms with Crippen molar-refractivity contribution in [3.63, 3.8) is 0 Å². The third-order valence-electron chi connectivity index (χ3n) is 4.72. The molecule has 6 nitrogen and oxygen atoms in total. The van der Waals surface area contributed by atoms with Gasteiger partial charge in [-0.3, -0.25) is 0 Å². The summed E-state index contributed by atoms with van der Waals surface area (Å²) in [7, 11) is 1.98. The largest absolute Gasteiger partial charge is 0.507 e. The Bertz CT molecular complexity index is 627. The molecule has 0 atom stereocenters. The van der Waals surface area contributed by atoms with Gasteiger partial charge in [-0.1, -0.05) is 32.9 Å². The second-order valence-corrected chi connectivity index (χ2v) is 6.79. The lowest BCUT2D eigenvalue weighted by molar-refractivity contribution is 0.146. The Balaban J connectivity index is 0.00000163. The number of allylic oxidation sites excluding steroid dienone is 1. The first-order valence-corrected chi connectivity index (χ1v) is 9.26. The Morgan fingerprint density at radius 1 is 1.19 bits per heavy atom. The number of rotatable bonds is 5. The number of phenols is 1. The molecule has 0 aliphatic carbocycles. The molecule has 1 aliphatic rings. The van der Waals surface area contributed by atoms with Crippen LogP contribution in [0.2, 0.25) is 0 Å². The number of hydrogen-bond donors (Lipinski definition) is 5. The smallest absolute Gasteiger partial charge is 0.124 e.